The van der Waals surface area contributed by atoms with E-state index < -0.39 is 12.1 Å². The van der Waals surface area contributed by atoms with E-state index in [-0.39, 0.29) is 30.1 Å². The van der Waals surface area contributed by atoms with Crippen LogP contribution in [0.2, 0.25) is 10.0 Å². The molecule has 2 fully saturated rings. The standard InChI is InChI=1S/C36H39Cl2N5O5.ClH/c1-3-48-31-22-27(24(2)44)8-13-30(31)35-39-33(25-4-9-28(37)10-5-25)34(26-6-11-29(38)12-7-26)43(35)36(46)42-16-14-40(15-17-42)23-32(45)41-18-20-47-21-19-41;/h4-13,22,33-34H,3,14-21,23H2,1-2H3;1H/t33-,34+;/m0./s1. The molecule has 10 nitrogen and oxygen atoms in total. The Morgan fingerprint density at radius 3 is 2.04 bits per heavy atom. The Morgan fingerprint density at radius 1 is 0.837 bits per heavy atom. The Bertz CT molecular complexity index is 1670. The van der Waals surface area contributed by atoms with Gasteiger partial charge in [-0.25, -0.2) is 4.79 Å². The number of benzene rings is 3. The minimum atomic E-state index is -0.520. The van der Waals surface area contributed by atoms with E-state index in [4.69, 9.17) is 37.7 Å². The second kappa shape index (κ2) is 16.4. The first kappa shape index (κ1) is 36.6. The Labute approximate surface area is 303 Å². The molecule has 3 aliphatic heterocycles. The van der Waals surface area contributed by atoms with Gasteiger partial charge in [-0.3, -0.25) is 24.4 Å². The smallest absolute Gasteiger partial charge is 0.326 e. The number of morpholine rings is 1. The molecule has 0 unspecified atom stereocenters. The fourth-order valence-corrected chi connectivity index (χ4v) is 6.66. The SMILES string of the molecule is CCOc1cc(C(C)=O)ccc1C1=N[C@@H](c2ccc(Cl)cc2)[C@@H](c2ccc(Cl)cc2)N1C(=O)N1CCN(CC(=O)N2CCOCC2)CC1.Cl. The molecule has 260 valence electrons. The van der Waals surface area contributed by atoms with E-state index >= 15 is 0 Å². The fraction of sp³-hybridized carbons (Fsp3) is 0.389. The van der Waals surface area contributed by atoms with Gasteiger partial charge < -0.3 is 19.3 Å². The number of hydrogen-bond donors (Lipinski definition) is 0. The van der Waals surface area contributed by atoms with Gasteiger partial charge in [-0.1, -0.05) is 53.5 Å². The highest BCUT2D eigenvalue weighted by molar-refractivity contribution is 6.30. The minimum Gasteiger partial charge on any atom is -0.493 e. The number of amidine groups is 1. The highest BCUT2D eigenvalue weighted by atomic mass is 35.5. The predicted octanol–water partition coefficient (Wildman–Crippen LogP) is 6.16. The molecular formula is C36H40Cl3N5O5. The van der Waals surface area contributed by atoms with Crippen LogP contribution in [0, 0.1) is 0 Å². The molecule has 0 saturated carbocycles. The lowest BCUT2D eigenvalue weighted by Gasteiger charge is -2.39. The van der Waals surface area contributed by atoms with Crippen molar-refractivity contribution in [3.05, 3.63) is 99.0 Å². The summed E-state index contributed by atoms with van der Waals surface area (Å²) in [5.41, 5.74) is 2.86. The number of hydrogen-bond acceptors (Lipinski definition) is 7. The lowest BCUT2D eigenvalue weighted by Crippen LogP contribution is -2.56. The number of piperazine rings is 1. The van der Waals surface area contributed by atoms with Gasteiger partial charge in [0.25, 0.3) is 0 Å². The van der Waals surface area contributed by atoms with Gasteiger partial charge >= 0.3 is 6.03 Å². The van der Waals surface area contributed by atoms with Crippen LogP contribution in [-0.2, 0) is 9.53 Å². The van der Waals surface area contributed by atoms with Crippen molar-refractivity contribution in [3.8, 4) is 5.75 Å². The van der Waals surface area contributed by atoms with E-state index in [0.717, 1.165) is 11.1 Å². The Balaban J connectivity index is 0.00000468. The van der Waals surface area contributed by atoms with E-state index in [1.807, 2.05) is 65.3 Å². The lowest BCUT2D eigenvalue weighted by molar-refractivity contribution is -0.136. The number of ether oxygens (including phenoxy) is 2. The molecule has 6 rings (SSSR count). The number of Topliss-reactive ketones (excluding diaryl/α,β-unsaturated/α-hetero) is 1. The molecule has 3 aromatic rings. The van der Waals surface area contributed by atoms with Crippen molar-refractivity contribution in [3.63, 3.8) is 0 Å². The zero-order chi connectivity index (χ0) is 33.8. The Hall–Kier alpha value is -3.67. The third kappa shape index (κ3) is 8.22. The maximum absolute atomic E-state index is 14.8. The second-order valence-electron chi connectivity index (χ2n) is 12.1. The normalized spacial score (nSPS) is 19.7. The van der Waals surface area contributed by atoms with Gasteiger partial charge in [-0.05, 0) is 61.4 Å². The first-order chi connectivity index (χ1) is 23.2. The Kier molecular flexibility index (Phi) is 12.2. The topological polar surface area (TPSA) is 95.0 Å². The number of halogens is 3. The number of ketones is 1. The van der Waals surface area contributed by atoms with Gasteiger partial charge in [0.05, 0.1) is 38.0 Å². The molecule has 2 saturated heterocycles. The summed E-state index contributed by atoms with van der Waals surface area (Å²) < 4.78 is 11.5. The highest BCUT2D eigenvalue weighted by Crippen LogP contribution is 2.45. The first-order valence-electron chi connectivity index (χ1n) is 16.3. The third-order valence-electron chi connectivity index (χ3n) is 8.99. The highest BCUT2D eigenvalue weighted by Gasteiger charge is 2.45. The van der Waals surface area contributed by atoms with Crippen LogP contribution in [-0.4, -0.2) is 109 Å². The monoisotopic (exact) mass is 727 g/mol. The molecular weight excluding hydrogens is 689 g/mol. The predicted molar refractivity (Wildman–Crippen MR) is 192 cm³/mol. The van der Waals surface area contributed by atoms with E-state index in [9.17, 15) is 14.4 Å². The summed E-state index contributed by atoms with van der Waals surface area (Å²) >= 11 is 12.6. The summed E-state index contributed by atoms with van der Waals surface area (Å²) in [6, 6.07) is 19.0. The van der Waals surface area contributed by atoms with Gasteiger partial charge in [0, 0.05) is 54.9 Å². The van der Waals surface area contributed by atoms with Crippen molar-refractivity contribution in [2.45, 2.75) is 25.9 Å². The van der Waals surface area contributed by atoms with Crippen LogP contribution in [0.25, 0.3) is 0 Å². The summed E-state index contributed by atoms with van der Waals surface area (Å²) in [5, 5.41) is 1.18. The van der Waals surface area contributed by atoms with E-state index in [2.05, 4.69) is 4.90 Å². The van der Waals surface area contributed by atoms with Gasteiger partial charge in [-0.15, -0.1) is 12.4 Å². The average molecular weight is 729 g/mol. The molecule has 3 amide bonds. The number of rotatable bonds is 8. The zero-order valence-electron chi connectivity index (χ0n) is 27.5. The molecule has 3 heterocycles. The van der Waals surface area contributed by atoms with Gasteiger partial charge in [0.2, 0.25) is 5.91 Å². The van der Waals surface area contributed by atoms with Gasteiger partial charge in [0.1, 0.15) is 17.6 Å². The van der Waals surface area contributed by atoms with Crippen LogP contribution in [0.1, 0.15) is 53.0 Å². The van der Waals surface area contributed by atoms with Crippen molar-refractivity contribution in [1.29, 1.82) is 0 Å². The summed E-state index contributed by atoms with van der Waals surface area (Å²) in [5.74, 6) is 0.910. The van der Waals surface area contributed by atoms with Crippen LogP contribution in [0.15, 0.2) is 71.7 Å². The number of carbonyl (C=O) groups excluding carboxylic acids is 3. The van der Waals surface area contributed by atoms with E-state index in [0.29, 0.717) is 98.4 Å². The zero-order valence-corrected chi connectivity index (χ0v) is 29.8. The molecule has 0 radical (unpaired) electrons. The first-order valence-corrected chi connectivity index (χ1v) is 17.0. The molecule has 49 heavy (non-hydrogen) atoms. The minimum absolute atomic E-state index is 0. The van der Waals surface area contributed by atoms with Crippen LogP contribution in [0.3, 0.4) is 0 Å². The maximum atomic E-state index is 14.8. The fourth-order valence-electron chi connectivity index (χ4n) is 6.41. The number of nitrogens with zero attached hydrogens (tertiary/aromatic N) is 5. The number of amides is 3. The van der Waals surface area contributed by atoms with E-state index in [1.54, 1.807) is 23.1 Å². The van der Waals surface area contributed by atoms with Crippen molar-refractivity contribution >= 4 is 59.2 Å². The molecule has 0 aliphatic carbocycles. The molecule has 0 N–H and O–H groups in total. The molecule has 0 spiro atoms. The Morgan fingerprint density at radius 2 is 1.45 bits per heavy atom. The molecule has 0 bridgehead atoms. The summed E-state index contributed by atoms with van der Waals surface area (Å²) in [6.07, 6.45) is 0. The summed E-state index contributed by atoms with van der Waals surface area (Å²) in [6.45, 7) is 8.39. The van der Waals surface area contributed by atoms with Crippen LogP contribution < -0.4 is 4.74 Å². The van der Waals surface area contributed by atoms with Gasteiger partial charge in [0.15, 0.2) is 5.78 Å². The van der Waals surface area contributed by atoms with Crippen LogP contribution in [0.5, 0.6) is 5.75 Å². The van der Waals surface area contributed by atoms with Crippen molar-refractivity contribution in [2.75, 3.05) is 65.6 Å². The van der Waals surface area contributed by atoms with E-state index in [1.165, 1.54) is 6.92 Å². The van der Waals surface area contributed by atoms with Crippen molar-refractivity contribution < 1.29 is 23.9 Å². The quantitative estimate of drug-likeness (QED) is 0.258. The summed E-state index contributed by atoms with van der Waals surface area (Å²) in [7, 11) is 0. The molecule has 2 atom stereocenters. The second-order valence-corrected chi connectivity index (χ2v) is 12.9. The summed E-state index contributed by atoms with van der Waals surface area (Å²) in [4.78, 5) is 52.8. The lowest BCUT2D eigenvalue weighted by atomic mass is 9.93. The molecule has 3 aliphatic rings. The third-order valence-corrected chi connectivity index (χ3v) is 9.49. The number of aliphatic imine (C=N–C) groups is 1. The molecule has 3 aromatic carbocycles. The van der Waals surface area contributed by atoms with Gasteiger partial charge in [-0.2, -0.15) is 0 Å². The van der Waals surface area contributed by atoms with Crippen molar-refractivity contribution in [2.24, 2.45) is 4.99 Å². The number of carbonyl (C=O) groups is 3. The molecule has 13 heteroatoms. The maximum Gasteiger partial charge on any atom is 0.326 e. The number of urea groups is 1. The largest absolute Gasteiger partial charge is 0.493 e. The molecule has 0 aromatic heterocycles. The van der Waals surface area contributed by atoms with Crippen LogP contribution in [0.4, 0.5) is 4.79 Å². The van der Waals surface area contributed by atoms with Crippen molar-refractivity contribution in [1.82, 2.24) is 19.6 Å². The van der Waals surface area contributed by atoms with Crippen LogP contribution >= 0.6 is 35.6 Å². The average Bonchev–Trinajstić information content (AvgIpc) is 3.49.